The summed E-state index contributed by atoms with van der Waals surface area (Å²) in [4.78, 5) is 23.4. The zero-order valence-electron chi connectivity index (χ0n) is 45.9. The zero-order chi connectivity index (χ0) is 49.2. The second-order valence-electron chi connectivity index (χ2n) is 22.1. The maximum Gasteiger partial charge on any atom is 0.472 e. The molecule has 0 fully saturated rings. The van der Waals surface area contributed by atoms with Crippen molar-refractivity contribution in [1.82, 2.24) is 5.32 Å². The maximum atomic E-state index is 13.0. The number of aliphatic hydroxyl groups excluding tert-OH is 1. The Morgan fingerprint density at radius 1 is 0.448 bits per heavy atom. The van der Waals surface area contributed by atoms with E-state index in [1.807, 2.05) is 21.1 Å². The number of hydrogen-bond acceptors (Lipinski definition) is 5. The molecular formula is C58H120N2O6P+. The summed E-state index contributed by atoms with van der Waals surface area (Å²) in [5.74, 6) is -0.135. The van der Waals surface area contributed by atoms with Crippen LogP contribution in [0.15, 0.2) is 0 Å². The van der Waals surface area contributed by atoms with E-state index < -0.39 is 20.0 Å². The largest absolute Gasteiger partial charge is 0.472 e. The summed E-state index contributed by atoms with van der Waals surface area (Å²) in [6.07, 6.45) is 60.2. The summed E-state index contributed by atoms with van der Waals surface area (Å²) in [5.41, 5.74) is 0. The van der Waals surface area contributed by atoms with Crippen molar-refractivity contribution in [3.8, 4) is 0 Å². The smallest absolute Gasteiger partial charge is 0.391 e. The number of phosphoric ester groups is 1. The first-order chi connectivity index (χ1) is 32.5. The highest BCUT2D eigenvalue weighted by atomic mass is 31.2. The van der Waals surface area contributed by atoms with Crippen LogP contribution >= 0.6 is 7.82 Å². The van der Waals surface area contributed by atoms with E-state index in [1.165, 1.54) is 250 Å². The molecule has 67 heavy (non-hydrogen) atoms. The summed E-state index contributed by atoms with van der Waals surface area (Å²) in [6, 6.07) is -0.755. The van der Waals surface area contributed by atoms with Crippen LogP contribution in [0.4, 0.5) is 0 Å². The molecule has 0 bridgehead atoms. The molecule has 0 aliphatic carbocycles. The predicted molar refractivity (Wildman–Crippen MR) is 291 cm³/mol. The predicted octanol–water partition coefficient (Wildman–Crippen LogP) is 18.0. The molecule has 0 aliphatic rings. The molecular weight excluding hydrogens is 852 g/mol. The molecule has 0 rings (SSSR count). The third-order valence-corrected chi connectivity index (χ3v) is 15.1. The SMILES string of the molecule is CCCCCCCCCCCCCCCCCCCCCCCCCC(=O)NC(COP(=O)(O)OCC[N+](C)(C)C)C(O)CCCCCCCCCCCCCCCCCCCCCCCC. The minimum Gasteiger partial charge on any atom is -0.391 e. The molecule has 3 unspecified atom stereocenters. The van der Waals surface area contributed by atoms with Crippen LogP contribution in [0.5, 0.6) is 0 Å². The molecule has 0 aromatic carbocycles. The Morgan fingerprint density at radius 2 is 0.716 bits per heavy atom. The van der Waals surface area contributed by atoms with Crippen molar-refractivity contribution >= 4 is 13.7 Å². The molecule has 9 heteroatoms. The van der Waals surface area contributed by atoms with E-state index in [0.717, 1.165) is 38.5 Å². The Morgan fingerprint density at radius 3 is 1.00 bits per heavy atom. The van der Waals surface area contributed by atoms with Crippen LogP contribution in [-0.4, -0.2) is 73.4 Å². The average Bonchev–Trinajstić information content (AvgIpc) is 3.29. The molecule has 0 heterocycles. The number of carbonyl (C=O) groups excluding carboxylic acids is 1. The number of amides is 1. The van der Waals surface area contributed by atoms with Crippen molar-refractivity contribution in [1.29, 1.82) is 0 Å². The number of quaternary nitrogens is 1. The number of nitrogens with zero attached hydrogens (tertiary/aromatic N) is 1. The van der Waals surface area contributed by atoms with Gasteiger partial charge in [0, 0.05) is 6.42 Å². The molecule has 3 atom stereocenters. The molecule has 1 amide bonds. The number of hydrogen-bond donors (Lipinski definition) is 3. The summed E-state index contributed by atoms with van der Waals surface area (Å²) in [6.45, 7) is 4.95. The summed E-state index contributed by atoms with van der Waals surface area (Å²) in [7, 11) is 1.64. The number of nitrogens with one attached hydrogen (secondary N) is 1. The van der Waals surface area contributed by atoms with Gasteiger partial charge in [-0.3, -0.25) is 13.8 Å². The Labute approximate surface area is 419 Å². The molecule has 0 aromatic rings. The number of carbonyl (C=O) groups is 1. The standard InChI is InChI=1S/C58H119N2O6P/c1-6-8-10-12-14-16-18-20-22-24-26-28-30-32-34-36-38-40-42-44-46-48-50-52-58(62)59-56(55-66-67(63,64)65-54-53-60(3,4)5)57(61)51-49-47-45-43-41-39-37-35-33-31-29-27-25-23-21-19-17-15-13-11-9-7-2/h56-57,61H,6-55H2,1-5H3,(H-,59,62,63,64)/p+1. The fraction of sp³-hybridized carbons (Fsp3) is 0.983. The Kier molecular flexibility index (Phi) is 50.1. The molecule has 8 nitrogen and oxygen atoms in total. The molecule has 3 N–H and O–H groups in total. The molecule has 402 valence electrons. The fourth-order valence-corrected chi connectivity index (χ4v) is 10.1. The monoisotopic (exact) mass is 972 g/mol. The zero-order valence-corrected chi connectivity index (χ0v) is 46.8. The van der Waals surface area contributed by atoms with Crippen molar-refractivity contribution in [3.05, 3.63) is 0 Å². The van der Waals surface area contributed by atoms with Crippen LogP contribution in [0, 0.1) is 0 Å². The second kappa shape index (κ2) is 50.4. The third kappa shape index (κ3) is 53.1. The highest BCUT2D eigenvalue weighted by Crippen LogP contribution is 2.43. The van der Waals surface area contributed by atoms with Gasteiger partial charge in [0.05, 0.1) is 39.9 Å². The van der Waals surface area contributed by atoms with Gasteiger partial charge in [-0.05, 0) is 12.8 Å². The molecule has 0 aromatic heterocycles. The lowest BCUT2D eigenvalue weighted by molar-refractivity contribution is -0.870. The summed E-state index contributed by atoms with van der Waals surface area (Å²) < 4.78 is 23.8. The van der Waals surface area contributed by atoms with Crippen LogP contribution in [0.3, 0.4) is 0 Å². The first-order valence-electron chi connectivity index (χ1n) is 29.9. The first kappa shape index (κ1) is 66.5. The van der Waals surface area contributed by atoms with Crippen LogP contribution < -0.4 is 5.32 Å². The average molecular weight is 973 g/mol. The van der Waals surface area contributed by atoms with Crippen LogP contribution in [-0.2, 0) is 18.4 Å². The van der Waals surface area contributed by atoms with E-state index in [-0.39, 0.29) is 19.1 Å². The lowest BCUT2D eigenvalue weighted by Gasteiger charge is -2.26. The number of phosphoric acid groups is 1. The van der Waals surface area contributed by atoms with Crippen molar-refractivity contribution < 1.29 is 32.9 Å². The van der Waals surface area contributed by atoms with Gasteiger partial charge in [-0.25, -0.2) is 4.57 Å². The van der Waals surface area contributed by atoms with Gasteiger partial charge in [0.1, 0.15) is 13.2 Å². The quantitative estimate of drug-likeness (QED) is 0.0319. The van der Waals surface area contributed by atoms with Crippen molar-refractivity contribution in [3.63, 3.8) is 0 Å². The fourth-order valence-electron chi connectivity index (χ4n) is 9.40. The third-order valence-electron chi connectivity index (χ3n) is 14.1. The van der Waals surface area contributed by atoms with E-state index >= 15 is 0 Å². The topological polar surface area (TPSA) is 105 Å². The van der Waals surface area contributed by atoms with Gasteiger partial charge in [0.2, 0.25) is 5.91 Å². The lowest BCUT2D eigenvalue weighted by Crippen LogP contribution is -2.46. The van der Waals surface area contributed by atoms with Crippen molar-refractivity contribution in [2.24, 2.45) is 0 Å². The van der Waals surface area contributed by atoms with Gasteiger partial charge in [-0.1, -0.05) is 296 Å². The van der Waals surface area contributed by atoms with Crippen LogP contribution in [0.1, 0.15) is 316 Å². The molecule has 0 saturated heterocycles. The lowest BCUT2D eigenvalue weighted by atomic mass is 10.0. The van der Waals surface area contributed by atoms with Gasteiger partial charge in [-0.2, -0.15) is 0 Å². The van der Waals surface area contributed by atoms with Gasteiger partial charge in [0.25, 0.3) is 0 Å². The van der Waals surface area contributed by atoms with Crippen LogP contribution in [0.2, 0.25) is 0 Å². The molecule has 0 spiro atoms. The Hall–Kier alpha value is -0.500. The number of unbranched alkanes of at least 4 members (excludes halogenated alkanes) is 43. The Balaban J connectivity index is 4.11. The first-order valence-corrected chi connectivity index (χ1v) is 31.4. The minimum absolute atomic E-state index is 0.0792. The molecule has 0 saturated carbocycles. The van der Waals surface area contributed by atoms with Crippen molar-refractivity contribution in [2.75, 3.05) is 40.9 Å². The highest BCUT2D eigenvalue weighted by Gasteiger charge is 2.28. The minimum atomic E-state index is -4.32. The molecule has 0 radical (unpaired) electrons. The number of rotatable bonds is 56. The second-order valence-corrected chi connectivity index (χ2v) is 23.5. The van der Waals surface area contributed by atoms with Gasteiger partial charge in [-0.15, -0.1) is 0 Å². The van der Waals surface area contributed by atoms with Crippen LogP contribution in [0.25, 0.3) is 0 Å². The normalized spacial score (nSPS) is 13.8. The van der Waals surface area contributed by atoms with Gasteiger partial charge >= 0.3 is 7.82 Å². The van der Waals surface area contributed by atoms with Gasteiger partial charge < -0.3 is 19.8 Å². The number of likely N-dealkylation sites (N-methyl/N-ethyl adjacent to an activating group) is 1. The van der Waals surface area contributed by atoms with Gasteiger partial charge in [0.15, 0.2) is 0 Å². The summed E-state index contributed by atoms with van der Waals surface area (Å²) in [5, 5.41) is 14.1. The number of aliphatic hydroxyl groups is 1. The van der Waals surface area contributed by atoms with E-state index in [1.54, 1.807) is 0 Å². The Bertz CT molecular complexity index is 1060. The van der Waals surface area contributed by atoms with E-state index in [2.05, 4.69) is 19.2 Å². The molecule has 0 aliphatic heterocycles. The van der Waals surface area contributed by atoms with E-state index in [4.69, 9.17) is 9.05 Å². The van der Waals surface area contributed by atoms with E-state index in [0.29, 0.717) is 23.9 Å². The highest BCUT2D eigenvalue weighted by molar-refractivity contribution is 7.47. The summed E-state index contributed by atoms with van der Waals surface area (Å²) >= 11 is 0. The van der Waals surface area contributed by atoms with Crippen molar-refractivity contribution in [2.45, 2.75) is 328 Å². The van der Waals surface area contributed by atoms with E-state index in [9.17, 15) is 19.4 Å². The maximum absolute atomic E-state index is 13.0.